The van der Waals surface area contributed by atoms with Gasteiger partial charge in [-0.05, 0) is 36.8 Å². The van der Waals surface area contributed by atoms with Crippen LogP contribution in [0.2, 0.25) is 0 Å². The third kappa shape index (κ3) is 2.22. The molecule has 0 aliphatic rings. The topological polar surface area (TPSA) is 52.0 Å². The maximum Gasteiger partial charge on any atom is 0.226 e. The van der Waals surface area contributed by atoms with E-state index < -0.39 is 0 Å². The van der Waals surface area contributed by atoms with Gasteiger partial charge in [0, 0.05) is 16.8 Å². The Balaban J connectivity index is 2.02. The summed E-state index contributed by atoms with van der Waals surface area (Å²) in [5, 5.41) is 0. The second-order valence-corrected chi connectivity index (χ2v) is 4.48. The fraction of sp³-hybridized carbons (Fsp3) is 0.0625. The molecule has 0 radical (unpaired) electrons. The monoisotopic (exact) mass is 250 g/mol. The largest absolute Gasteiger partial charge is 0.444 e. The molecule has 0 saturated heterocycles. The zero-order chi connectivity index (χ0) is 13.2. The van der Waals surface area contributed by atoms with E-state index in [0.29, 0.717) is 5.89 Å². The Morgan fingerprint density at radius 2 is 1.84 bits per heavy atom. The van der Waals surface area contributed by atoms with Crippen LogP contribution in [-0.2, 0) is 0 Å². The number of hydrogen-bond donors (Lipinski definition) is 1. The van der Waals surface area contributed by atoms with E-state index in [9.17, 15) is 0 Å². The van der Waals surface area contributed by atoms with Gasteiger partial charge in [0.25, 0.3) is 0 Å². The van der Waals surface area contributed by atoms with Gasteiger partial charge in [0.15, 0.2) is 0 Å². The lowest BCUT2D eigenvalue weighted by molar-refractivity contribution is 0.575. The predicted octanol–water partition coefficient (Wildman–Crippen LogP) is 3.90. The number of anilines is 1. The minimum Gasteiger partial charge on any atom is -0.444 e. The van der Waals surface area contributed by atoms with E-state index in [4.69, 9.17) is 10.2 Å². The van der Waals surface area contributed by atoms with Crippen LogP contribution < -0.4 is 5.73 Å². The minimum atomic E-state index is 0.631. The van der Waals surface area contributed by atoms with Crippen molar-refractivity contribution < 1.29 is 4.42 Å². The fourth-order valence-electron chi connectivity index (χ4n) is 2.09. The lowest BCUT2D eigenvalue weighted by Crippen LogP contribution is -1.88. The molecule has 0 unspecified atom stereocenters. The number of oxazole rings is 1. The van der Waals surface area contributed by atoms with Crippen LogP contribution in [0, 0.1) is 6.92 Å². The highest BCUT2D eigenvalue weighted by Gasteiger charge is 2.09. The Labute approximate surface area is 111 Å². The first-order valence-electron chi connectivity index (χ1n) is 6.11. The summed E-state index contributed by atoms with van der Waals surface area (Å²) >= 11 is 0. The van der Waals surface area contributed by atoms with Gasteiger partial charge in [-0.15, -0.1) is 0 Å². The second kappa shape index (κ2) is 4.61. The Morgan fingerprint density at radius 3 is 2.58 bits per heavy atom. The van der Waals surface area contributed by atoms with Crippen molar-refractivity contribution in [1.29, 1.82) is 0 Å². The number of nitrogens with two attached hydrogens (primary N) is 1. The van der Waals surface area contributed by atoms with Crippen LogP contribution in [0.5, 0.6) is 0 Å². The first-order valence-corrected chi connectivity index (χ1v) is 6.11. The lowest BCUT2D eigenvalue weighted by atomic mass is 10.1. The molecule has 0 amide bonds. The highest BCUT2D eigenvalue weighted by atomic mass is 16.3. The van der Waals surface area contributed by atoms with Crippen molar-refractivity contribution in [3.8, 4) is 22.7 Å². The highest BCUT2D eigenvalue weighted by Crippen LogP contribution is 2.27. The van der Waals surface area contributed by atoms with Gasteiger partial charge in [-0.2, -0.15) is 0 Å². The van der Waals surface area contributed by atoms with E-state index in [-0.39, 0.29) is 0 Å². The van der Waals surface area contributed by atoms with Crippen LogP contribution in [-0.4, -0.2) is 4.98 Å². The molecular weight excluding hydrogens is 236 g/mol. The highest BCUT2D eigenvalue weighted by molar-refractivity contribution is 5.68. The van der Waals surface area contributed by atoms with Crippen molar-refractivity contribution in [3.05, 3.63) is 60.4 Å². The summed E-state index contributed by atoms with van der Waals surface area (Å²) < 4.78 is 5.55. The van der Waals surface area contributed by atoms with Gasteiger partial charge in [0.05, 0.1) is 0 Å². The first-order chi connectivity index (χ1) is 9.24. The van der Waals surface area contributed by atoms with Crippen molar-refractivity contribution >= 4 is 5.69 Å². The number of rotatable bonds is 2. The number of aromatic nitrogens is 1. The van der Waals surface area contributed by atoms with Gasteiger partial charge in [0.1, 0.15) is 12.0 Å². The van der Waals surface area contributed by atoms with E-state index in [0.717, 1.165) is 28.1 Å². The van der Waals surface area contributed by atoms with Crippen LogP contribution in [0.1, 0.15) is 5.56 Å². The number of aryl methyl sites for hydroxylation is 1. The number of benzene rings is 2. The van der Waals surface area contributed by atoms with Crippen LogP contribution in [0.15, 0.2) is 59.2 Å². The van der Waals surface area contributed by atoms with Gasteiger partial charge < -0.3 is 10.2 Å². The summed E-state index contributed by atoms with van der Waals surface area (Å²) in [5.74, 6) is 0.631. The summed E-state index contributed by atoms with van der Waals surface area (Å²) in [4.78, 5) is 4.53. The van der Waals surface area contributed by atoms with Crippen molar-refractivity contribution in [2.24, 2.45) is 0 Å². The van der Waals surface area contributed by atoms with Gasteiger partial charge >= 0.3 is 0 Å². The molecule has 0 atom stereocenters. The Morgan fingerprint density at radius 1 is 1.05 bits per heavy atom. The molecule has 2 aromatic carbocycles. The molecule has 1 heterocycles. The van der Waals surface area contributed by atoms with Crippen molar-refractivity contribution in [2.75, 3.05) is 5.73 Å². The standard InChI is InChI=1S/C16H14N2O/c1-11-9-13(17)7-8-14(11)15-10-19-16(18-15)12-5-3-2-4-6-12/h2-10H,17H2,1H3. The van der Waals surface area contributed by atoms with Crippen LogP contribution in [0.4, 0.5) is 5.69 Å². The van der Waals surface area contributed by atoms with Gasteiger partial charge in [-0.3, -0.25) is 0 Å². The number of nitrogens with zero attached hydrogens (tertiary/aromatic N) is 1. The van der Waals surface area contributed by atoms with E-state index >= 15 is 0 Å². The molecule has 3 heteroatoms. The van der Waals surface area contributed by atoms with Crippen molar-refractivity contribution in [2.45, 2.75) is 6.92 Å². The fourth-order valence-corrected chi connectivity index (χ4v) is 2.09. The molecule has 3 aromatic rings. The van der Waals surface area contributed by atoms with Gasteiger partial charge in [-0.25, -0.2) is 4.98 Å². The maximum atomic E-state index is 5.76. The molecule has 0 bridgehead atoms. The van der Waals surface area contributed by atoms with E-state index in [1.165, 1.54) is 0 Å². The summed E-state index contributed by atoms with van der Waals surface area (Å²) in [5.41, 5.74) is 10.5. The lowest BCUT2D eigenvalue weighted by Gasteiger charge is -2.02. The van der Waals surface area contributed by atoms with Crippen LogP contribution >= 0.6 is 0 Å². The van der Waals surface area contributed by atoms with E-state index in [1.54, 1.807) is 6.26 Å². The predicted molar refractivity (Wildman–Crippen MR) is 76.5 cm³/mol. The average molecular weight is 250 g/mol. The molecule has 0 fully saturated rings. The van der Waals surface area contributed by atoms with Crippen LogP contribution in [0.25, 0.3) is 22.7 Å². The Hall–Kier alpha value is -2.55. The minimum absolute atomic E-state index is 0.631. The smallest absolute Gasteiger partial charge is 0.226 e. The maximum absolute atomic E-state index is 5.76. The molecule has 2 N–H and O–H groups in total. The average Bonchev–Trinajstić information content (AvgIpc) is 2.89. The zero-order valence-electron chi connectivity index (χ0n) is 10.6. The zero-order valence-corrected chi connectivity index (χ0v) is 10.6. The molecule has 3 rings (SSSR count). The molecule has 0 aliphatic carbocycles. The molecular formula is C16H14N2O. The van der Waals surface area contributed by atoms with Gasteiger partial charge in [0.2, 0.25) is 5.89 Å². The van der Waals surface area contributed by atoms with Crippen molar-refractivity contribution in [1.82, 2.24) is 4.98 Å². The summed E-state index contributed by atoms with van der Waals surface area (Å²) in [6.45, 7) is 2.02. The third-order valence-electron chi connectivity index (χ3n) is 3.05. The molecule has 3 nitrogen and oxygen atoms in total. The summed E-state index contributed by atoms with van der Waals surface area (Å²) in [7, 11) is 0. The van der Waals surface area contributed by atoms with Gasteiger partial charge in [-0.1, -0.05) is 24.3 Å². The molecule has 1 aromatic heterocycles. The molecule has 94 valence electrons. The van der Waals surface area contributed by atoms with E-state index in [1.807, 2.05) is 55.5 Å². The van der Waals surface area contributed by atoms with Crippen molar-refractivity contribution in [3.63, 3.8) is 0 Å². The molecule has 0 aliphatic heterocycles. The molecule has 0 saturated carbocycles. The summed E-state index contributed by atoms with van der Waals surface area (Å²) in [6, 6.07) is 15.6. The Bertz CT molecular complexity index is 702. The molecule has 19 heavy (non-hydrogen) atoms. The normalized spacial score (nSPS) is 10.6. The quantitative estimate of drug-likeness (QED) is 0.702. The third-order valence-corrected chi connectivity index (χ3v) is 3.05. The molecule has 0 spiro atoms. The second-order valence-electron chi connectivity index (χ2n) is 4.48. The number of nitrogen functional groups attached to an aromatic ring is 1. The number of hydrogen-bond acceptors (Lipinski definition) is 3. The van der Waals surface area contributed by atoms with E-state index in [2.05, 4.69) is 4.98 Å². The SMILES string of the molecule is Cc1cc(N)ccc1-c1coc(-c2ccccc2)n1. The summed E-state index contributed by atoms with van der Waals surface area (Å²) in [6.07, 6.45) is 1.68. The Kier molecular flexibility index (Phi) is 2.80. The first kappa shape index (κ1) is 11.5. The van der Waals surface area contributed by atoms with Crippen LogP contribution in [0.3, 0.4) is 0 Å².